The van der Waals surface area contributed by atoms with E-state index in [0.29, 0.717) is 24.9 Å². The highest BCUT2D eigenvalue weighted by Gasteiger charge is 2.34. The summed E-state index contributed by atoms with van der Waals surface area (Å²) in [5.74, 6) is -2.27. The number of halogens is 1. The molecule has 150 valence electrons. The molecule has 9 heteroatoms. The molecule has 1 atom stereocenters. The van der Waals surface area contributed by atoms with E-state index >= 15 is 0 Å². The van der Waals surface area contributed by atoms with Crippen molar-refractivity contribution in [2.24, 2.45) is 0 Å². The van der Waals surface area contributed by atoms with Gasteiger partial charge in [-0.25, -0.2) is 17.6 Å². The Morgan fingerprint density at radius 2 is 2.07 bits per heavy atom. The third kappa shape index (κ3) is 5.26. The fourth-order valence-electron chi connectivity index (χ4n) is 3.23. The Morgan fingerprint density at radius 3 is 2.74 bits per heavy atom. The summed E-state index contributed by atoms with van der Waals surface area (Å²) >= 11 is 0. The molecule has 1 aromatic rings. The lowest BCUT2D eigenvalue weighted by Gasteiger charge is -2.35. The maximum Gasteiger partial charge on any atom is 0.396 e. The quantitative estimate of drug-likeness (QED) is 0.580. The number of carbonyl (C=O) groups is 2. The molecule has 1 saturated heterocycles. The number of carbonyl (C=O) groups excluding carboxylic acids is 2. The summed E-state index contributed by atoms with van der Waals surface area (Å²) in [7, 11) is -3.77. The molecule has 1 heterocycles. The van der Waals surface area contributed by atoms with E-state index in [9.17, 15) is 22.4 Å². The molecular weight excluding hydrogens is 375 g/mol. The number of esters is 1. The number of hydrogen-bond donors (Lipinski definition) is 1. The Hall–Kier alpha value is -2.00. The highest BCUT2D eigenvalue weighted by Crippen LogP contribution is 2.28. The lowest BCUT2D eigenvalue weighted by atomic mass is 10.0. The first-order valence-electron chi connectivity index (χ1n) is 9.00. The van der Waals surface area contributed by atoms with Crippen molar-refractivity contribution < 1.29 is 27.1 Å². The van der Waals surface area contributed by atoms with Gasteiger partial charge in [0.05, 0.1) is 11.5 Å². The number of benzene rings is 1. The van der Waals surface area contributed by atoms with Crippen LogP contribution in [-0.4, -0.2) is 50.3 Å². The van der Waals surface area contributed by atoms with E-state index in [0.717, 1.165) is 18.9 Å². The zero-order valence-electron chi connectivity index (χ0n) is 15.5. The highest BCUT2D eigenvalue weighted by atomic mass is 32.2. The van der Waals surface area contributed by atoms with Crippen LogP contribution in [0.3, 0.4) is 0 Å². The second kappa shape index (κ2) is 9.27. The Morgan fingerprint density at radius 1 is 1.33 bits per heavy atom. The van der Waals surface area contributed by atoms with Crippen LogP contribution >= 0.6 is 0 Å². The number of ether oxygens (including phenoxy) is 1. The first kappa shape index (κ1) is 21.3. The van der Waals surface area contributed by atoms with Crippen molar-refractivity contribution in [3.05, 3.63) is 29.6 Å². The van der Waals surface area contributed by atoms with Gasteiger partial charge in [-0.1, -0.05) is 6.42 Å². The molecule has 1 unspecified atom stereocenters. The van der Waals surface area contributed by atoms with Gasteiger partial charge in [0, 0.05) is 19.1 Å². The van der Waals surface area contributed by atoms with Crippen LogP contribution in [0.4, 0.5) is 4.39 Å². The van der Waals surface area contributed by atoms with Crippen molar-refractivity contribution >= 4 is 21.9 Å². The van der Waals surface area contributed by atoms with Gasteiger partial charge in [-0.15, -0.1) is 0 Å². The molecule has 1 aliphatic heterocycles. The lowest BCUT2D eigenvalue weighted by molar-refractivity contribution is -0.154. The van der Waals surface area contributed by atoms with Gasteiger partial charge in [0.15, 0.2) is 0 Å². The minimum absolute atomic E-state index is 0.0892. The summed E-state index contributed by atoms with van der Waals surface area (Å²) in [4.78, 5) is 23.0. The Labute approximate surface area is 158 Å². The summed E-state index contributed by atoms with van der Waals surface area (Å²) in [5, 5.41) is 2.46. The Bertz CT molecular complexity index is 797. The molecule has 1 N–H and O–H groups in total. The van der Waals surface area contributed by atoms with Gasteiger partial charge < -0.3 is 10.1 Å². The number of piperidine rings is 1. The fraction of sp³-hybridized carbons (Fsp3) is 0.556. The lowest BCUT2D eigenvalue weighted by Crippen LogP contribution is -2.45. The second-order valence-electron chi connectivity index (χ2n) is 6.44. The van der Waals surface area contributed by atoms with E-state index in [1.54, 1.807) is 13.8 Å². The van der Waals surface area contributed by atoms with Crippen LogP contribution in [0.25, 0.3) is 0 Å². The molecule has 1 fully saturated rings. The third-order valence-electron chi connectivity index (χ3n) is 4.52. The number of aryl methyl sites for hydroxylation is 1. The standard InChI is InChI=1S/C18H25FN2O5S/c1-3-26-18(23)17(22)20-10-9-15-6-4-5-11-21(15)27(24,25)16-8-7-14(19)12-13(16)2/h7-8,12,15H,3-6,9-11H2,1-2H3,(H,20,22). The van der Waals surface area contributed by atoms with Crippen LogP contribution in [0.1, 0.15) is 38.2 Å². The zero-order valence-corrected chi connectivity index (χ0v) is 16.4. The van der Waals surface area contributed by atoms with E-state index in [-0.39, 0.29) is 24.1 Å². The highest BCUT2D eigenvalue weighted by molar-refractivity contribution is 7.89. The fourth-order valence-corrected chi connectivity index (χ4v) is 5.16. The molecule has 1 amide bonds. The van der Waals surface area contributed by atoms with E-state index in [4.69, 9.17) is 0 Å². The number of amides is 1. The van der Waals surface area contributed by atoms with Crippen molar-refractivity contribution in [3.8, 4) is 0 Å². The second-order valence-corrected chi connectivity index (χ2v) is 8.30. The number of nitrogens with one attached hydrogen (secondary N) is 1. The van der Waals surface area contributed by atoms with Crippen LogP contribution in [0, 0.1) is 12.7 Å². The molecule has 1 aromatic carbocycles. The number of rotatable bonds is 6. The van der Waals surface area contributed by atoms with E-state index in [1.165, 1.54) is 16.4 Å². The molecule has 0 spiro atoms. The first-order valence-corrected chi connectivity index (χ1v) is 10.4. The van der Waals surface area contributed by atoms with Gasteiger partial charge in [-0.2, -0.15) is 4.31 Å². The predicted molar refractivity (Wildman–Crippen MR) is 96.9 cm³/mol. The maximum absolute atomic E-state index is 13.3. The largest absolute Gasteiger partial charge is 0.459 e. The average Bonchev–Trinajstić information content (AvgIpc) is 2.61. The molecule has 0 bridgehead atoms. The summed E-state index contributed by atoms with van der Waals surface area (Å²) in [6.45, 7) is 3.81. The van der Waals surface area contributed by atoms with Gasteiger partial charge in [0.1, 0.15) is 5.82 Å². The number of nitrogens with zero attached hydrogens (tertiary/aromatic N) is 1. The SMILES string of the molecule is CCOC(=O)C(=O)NCCC1CCCCN1S(=O)(=O)c1ccc(F)cc1C. The molecule has 2 rings (SSSR count). The molecule has 27 heavy (non-hydrogen) atoms. The van der Waals surface area contributed by atoms with Crippen molar-refractivity contribution in [1.82, 2.24) is 9.62 Å². The van der Waals surface area contributed by atoms with Crippen molar-refractivity contribution in [2.75, 3.05) is 19.7 Å². The van der Waals surface area contributed by atoms with Crippen LogP contribution < -0.4 is 5.32 Å². The Kier molecular flexibility index (Phi) is 7.32. The number of hydrogen-bond acceptors (Lipinski definition) is 5. The molecule has 0 saturated carbocycles. The average molecular weight is 400 g/mol. The molecule has 0 aliphatic carbocycles. The van der Waals surface area contributed by atoms with E-state index < -0.39 is 27.7 Å². The topological polar surface area (TPSA) is 92.8 Å². The van der Waals surface area contributed by atoms with Gasteiger partial charge >= 0.3 is 11.9 Å². The summed E-state index contributed by atoms with van der Waals surface area (Å²) in [6, 6.07) is 3.33. The minimum Gasteiger partial charge on any atom is -0.459 e. The summed E-state index contributed by atoms with van der Waals surface area (Å²) in [6.07, 6.45) is 2.66. The zero-order chi connectivity index (χ0) is 20.0. The monoisotopic (exact) mass is 400 g/mol. The smallest absolute Gasteiger partial charge is 0.396 e. The molecule has 7 nitrogen and oxygen atoms in total. The van der Waals surface area contributed by atoms with E-state index in [2.05, 4.69) is 10.1 Å². The van der Waals surface area contributed by atoms with Crippen molar-refractivity contribution in [3.63, 3.8) is 0 Å². The normalized spacial score (nSPS) is 18.1. The molecule has 0 aromatic heterocycles. The van der Waals surface area contributed by atoms with Crippen molar-refractivity contribution in [1.29, 1.82) is 0 Å². The number of sulfonamides is 1. The maximum atomic E-state index is 13.3. The first-order chi connectivity index (χ1) is 12.8. The van der Waals surface area contributed by atoms with Gasteiger partial charge in [-0.05, 0) is 56.9 Å². The van der Waals surface area contributed by atoms with E-state index in [1.807, 2.05) is 0 Å². The predicted octanol–water partition coefficient (Wildman–Crippen LogP) is 1.75. The van der Waals surface area contributed by atoms with Gasteiger partial charge in [0.25, 0.3) is 0 Å². The summed E-state index contributed by atoms with van der Waals surface area (Å²) in [5.41, 5.74) is 0.356. The van der Waals surface area contributed by atoms with Crippen LogP contribution in [0.5, 0.6) is 0 Å². The molecule has 0 radical (unpaired) electrons. The Balaban J connectivity index is 2.08. The minimum atomic E-state index is -3.77. The molecular formula is C18H25FN2O5S. The van der Waals surface area contributed by atoms with Crippen molar-refractivity contribution in [2.45, 2.75) is 50.5 Å². The van der Waals surface area contributed by atoms with Gasteiger partial charge in [-0.3, -0.25) is 4.79 Å². The van der Waals surface area contributed by atoms with Crippen LogP contribution in [0.2, 0.25) is 0 Å². The summed E-state index contributed by atoms with van der Waals surface area (Å²) < 4.78 is 45.5. The van der Waals surface area contributed by atoms with Crippen LogP contribution in [-0.2, 0) is 24.3 Å². The molecule has 1 aliphatic rings. The van der Waals surface area contributed by atoms with Gasteiger partial charge in [0.2, 0.25) is 10.0 Å². The third-order valence-corrected chi connectivity index (χ3v) is 6.63. The van der Waals surface area contributed by atoms with Crippen LogP contribution in [0.15, 0.2) is 23.1 Å².